The zero-order chi connectivity index (χ0) is 12.7. The molecule has 17 heavy (non-hydrogen) atoms. The van der Waals surface area contributed by atoms with Crippen LogP contribution in [0.4, 0.5) is 0 Å². The fourth-order valence-electron chi connectivity index (χ4n) is 1.06. The molecule has 0 amide bonds. The summed E-state index contributed by atoms with van der Waals surface area (Å²) in [4.78, 5) is 11.0. The molecule has 0 saturated carbocycles. The summed E-state index contributed by atoms with van der Waals surface area (Å²) in [5, 5.41) is 1.01. The van der Waals surface area contributed by atoms with Crippen LogP contribution in [0.5, 0.6) is 5.75 Å². The molecule has 1 aromatic carbocycles. The van der Waals surface area contributed by atoms with Gasteiger partial charge in [0.15, 0.2) is 0 Å². The first-order valence-electron chi connectivity index (χ1n) is 5.04. The molecule has 0 heterocycles. The van der Waals surface area contributed by atoms with Crippen molar-refractivity contribution >= 4 is 29.2 Å². The van der Waals surface area contributed by atoms with Gasteiger partial charge in [-0.2, -0.15) is 0 Å². The van der Waals surface area contributed by atoms with Crippen molar-refractivity contribution in [3.8, 4) is 5.75 Å². The molecule has 0 spiro atoms. The van der Waals surface area contributed by atoms with Crippen molar-refractivity contribution in [2.75, 3.05) is 13.2 Å². The normalized spacial score (nSPS) is 10.5. The monoisotopic (exact) mass is 274 g/mol. The molecule has 1 rings (SSSR count). The van der Waals surface area contributed by atoms with E-state index in [-0.39, 0.29) is 6.61 Å². The molecule has 0 aliphatic rings. The van der Waals surface area contributed by atoms with E-state index in [0.29, 0.717) is 22.4 Å². The summed E-state index contributed by atoms with van der Waals surface area (Å²) in [6.07, 6.45) is 2.86. The maximum Gasteiger partial charge on any atom is 0.330 e. The van der Waals surface area contributed by atoms with E-state index in [0.717, 1.165) is 0 Å². The van der Waals surface area contributed by atoms with Crippen molar-refractivity contribution in [3.63, 3.8) is 0 Å². The molecular weight excluding hydrogens is 263 g/mol. The Bertz CT molecular complexity index is 416. The van der Waals surface area contributed by atoms with Crippen LogP contribution < -0.4 is 4.74 Å². The van der Waals surface area contributed by atoms with Crippen LogP contribution in [0.2, 0.25) is 10.0 Å². The van der Waals surface area contributed by atoms with Crippen LogP contribution in [0.15, 0.2) is 30.4 Å². The van der Waals surface area contributed by atoms with Gasteiger partial charge in [0.2, 0.25) is 0 Å². The van der Waals surface area contributed by atoms with Gasteiger partial charge in [-0.1, -0.05) is 23.2 Å². The first kappa shape index (κ1) is 13.9. The highest BCUT2D eigenvalue weighted by molar-refractivity contribution is 6.34. The number of hydrogen-bond donors (Lipinski definition) is 0. The molecule has 0 bridgehead atoms. The highest BCUT2D eigenvalue weighted by Gasteiger charge is 2.01. The van der Waals surface area contributed by atoms with Gasteiger partial charge in [0.1, 0.15) is 12.4 Å². The van der Waals surface area contributed by atoms with Gasteiger partial charge in [-0.05, 0) is 25.1 Å². The fraction of sp³-hybridized carbons (Fsp3) is 0.250. The molecule has 1 aromatic rings. The van der Waals surface area contributed by atoms with Crippen LogP contribution in [-0.2, 0) is 9.53 Å². The Morgan fingerprint density at radius 1 is 1.41 bits per heavy atom. The molecular formula is C12H12Cl2O3. The minimum atomic E-state index is -0.395. The zero-order valence-corrected chi connectivity index (χ0v) is 10.8. The zero-order valence-electron chi connectivity index (χ0n) is 9.28. The summed E-state index contributed by atoms with van der Waals surface area (Å²) < 4.78 is 10.0. The number of carbonyl (C=O) groups excluding carboxylic acids is 1. The average molecular weight is 275 g/mol. The van der Waals surface area contributed by atoms with Crippen molar-refractivity contribution in [3.05, 3.63) is 40.4 Å². The molecule has 0 N–H and O–H groups in total. The first-order chi connectivity index (χ1) is 8.13. The van der Waals surface area contributed by atoms with Crippen molar-refractivity contribution in [2.24, 2.45) is 0 Å². The van der Waals surface area contributed by atoms with E-state index in [1.807, 2.05) is 0 Å². The van der Waals surface area contributed by atoms with Gasteiger partial charge in [0.25, 0.3) is 0 Å². The summed E-state index contributed by atoms with van der Waals surface area (Å²) in [6, 6.07) is 4.93. The van der Waals surface area contributed by atoms with Crippen LogP contribution in [0.3, 0.4) is 0 Å². The Labute approximate surface area is 110 Å². The number of halogens is 2. The molecule has 5 heteroatoms. The summed E-state index contributed by atoms with van der Waals surface area (Å²) in [5.74, 6) is 0.0842. The Morgan fingerprint density at radius 2 is 2.18 bits per heavy atom. The van der Waals surface area contributed by atoms with Gasteiger partial charge in [0.05, 0.1) is 11.6 Å². The Hall–Kier alpha value is -1.19. The third-order valence-electron chi connectivity index (χ3n) is 1.77. The van der Waals surface area contributed by atoms with Crippen molar-refractivity contribution in [2.45, 2.75) is 6.92 Å². The third kappa shape index (κ3) is 5.11. The molecule has 0 unspecified atom stereocenters. The van der Waals surface area contributed by atoms with E-state index < -0.39 is 5.97 Å². The molecule has 0 aliphatic heterocycles. The largest absolute Gasteiger partial charge is 0.488 e. The number of carbonyl (C=O) groups is 1. The molecule has 0 atom stereocenters. The lowest BCUT2D eigenvalue weighted by molar-refractivity contribution is -0.137. The second-order valence-corrected chi connectivity index (χ2v) is 3.88. The molecule has 0 aromatic heterocycles. The van der Waals surface area contributed by atoms with E-state index in [4.69, 9.17) is 32.7 Å². The SMILES string of the molecule is CCOC(=O)/C=C/COc1cc(Cl)ccc1Cl. The standard InChI is InChI=1S/C12H12Cl2O3/c1-2-16-12(15)4-3-7-17-11-8-9(13)5-6-10(11)14/h3-6,8H,2,7H2,1H3/b4-3+. The number of rotatable bonds is 5. The second-order valence-electron chi connectivity index (χ2n) is 3.04. The van der Waals surface area contributed by atoms with Gasteiger partial charge in [-0.15, -0.1) is 0 Å². The summed E-state index contributed by atoms with van der Waals surface area (Å²) >= 11 is 11.7. The molecule has 0 aliphatic carbocycles. The summed E-state index contributed by atoms with van der Waals surface area (Å²) in [6.45, 7) is 2.32. The molecule has 0 radical (unpaired) electrons. The molecule has 3 nitrogen and oxygen atoms in total. The number of ether oxygens (including phenoxy) is 2. The Balaban J connectivity index is 2.45. The Morgan fingerprint density at radius 3 is 2.88 bits per heavy atom. The predicted molar refractivity (Wildman–Crippen MR) is 67.7 cm³/mol. The van der Waals surface area contributed by atoms with Crippen LogP contribution in [0.25, 0.3) is 0 Å². The number of hydrogen-bond acceptors (Lipinski definition) is 3. The third-order valence-corrected chi connectivity index (χ3v) is 2.32. The molecule has 0 fully saturated rings. The van der Waals surface area contributed by atoms with E-state index in [1.54, 1.807) is 31.2 Å². The maximum absolute atomic E-state index is 11.0. The van der Waals surface area contributed by atoms with Crippen LogP contribution in [-0.4, -0.2) is 19.2 Å². The van der Waals surface area contributed by atoms with Crippen LogP contribution in [0.1, 0.15) is 6.92 Å². The minimum absolute atomic E-state index is 0.221. The van der Waals surface area contributed by atoms with Gasteiger partial charge in [-0.25, -0.2) is 4.79 Å². The van der Waals surface area contributed by atoms with Crippen LogP contribution in [0, 0.1) is 0 Å². The van der Waals surface area contributed by atoms with Gasteiger partial charge in [0, 0.05) is 17.2 Å². The van der Waals surface area contributed by atoms with E-state index >= 15 is 0 Å². The van der Waals surface area contributed by atoms with E-state index in [9.17, 15) is 4.79 Å². The Kier molecular flexibility index (Phi) is 5.87. The lowest BCUT2D eigenvalue weighted by Gasteiger charge is -2.05. The highest BCUT2D eigenvalue weighted by Crippen LogP contribution is 2.27. The highest BCUT2D eigenvalue weighted by atomic mass is 35.5. The van der Waals surface area contributed by atoms with Gasteiger partial charge in [-0.3, -0.25) is 0 Å². The summed E-state index contributed by atoms with van der Waals surface area (Å²) in [7, 11) is 0. The smallest absolute Gasteiger partial charge is 0.330 e. The quantitative estimate of drug-likeness (QED) is 0.609. The summed E-state index contributed by atoms with van der Waals surface area (Å²) in [5.41, 5.74) is 0. The lowest BCUT2D eigenvalue weighted by Crippen LogP contribution is -2.01. The fourth-order valence-corrected chi connectivity index (χ4v) is 1.39. The van der Waals surface area contributed by atoms with E-state index in [1.165, 1.54) is 6.08 Å². The number of benzene rings is 1. The van der Waals surface area contributed by atoms with Crippen molar-refractivity contribution < 1.29 is 14.3 Å². The average Bonchev–Trinajstić information content (AvgIpc) is 2.29. The maximum atomic E-state index is 11.0. The van der Waals surface area contributed by atoms with Gasteiger partial charge >= 0.3 is 5.97 Å². The van der Waals surface area contributed by atoms with Crippen molar-refractivity contribution in [1.29, 1.82) is 0 Å². The number of esters is 1. The predicted octanol–water partition coefficient (Wildman–Crippen LogP) is 3.49. The topological polar surface area (TPSA) is 35.5 Å². The minimum Gasteiger partial charge on any atom is -0.488 e. The molecule has 92 valence electrons. The van der Waals surface area contributed by atoms with Gasteiger partial charge < -0.3 is 9.47 Å². The second kappa shape index (κ2) is 7.20. The van der Waals surface area contributed by atoms with Crippen molar-refractivity contribution in [1.82, 2.24) is 0 Å². The first-order valence-corrected chi connectivity index (χ1v) is 5.80. The van der Waals surface area contributed by atoms with E-state index in [2.05, 4.69) is 0 Å². The molecule has 0 saturated heterocycles. The lowest BCUT2D eigenvalue weighted by atomic mass is 10.3. The van der Waals surface area contributed by atoms with Crippen LogP contribution >= 0.6 is 23.2 Å².